The third-order valence-electron chi connectivity index (χ3n) is 3.87. The molecule has 0 heterocycles. The van der Waals surface area contributed by atoms with Crippen LogP contribution in [0.15, 0.2) is 48.5 Å². The summed E-state index contributed by atoms with van der Waals surface area (Å²) in [4.78, 5) is 24.3. The third kappa shape index (κ3) is 5.51. The van der Waals surface area contributed by atoms with E-state index in [1.165, 1.54) is 27.2 Å². The number of hydrogen-bond donors (Lipinski definition) is 1. The van der Waals surface area contributed by atoms with Gasteiger partial charge in [0.25, 0.3) is 5.91 Å². The molecule has 0 unspecified atom stereocenters. The Morgan fingerprint density at radius 1 is 0.964 bits per heavy atom. The summed E-state index contributed by atoms with van der Waals surface area (Å²) in [6, 6.07) is 12.2. The van der Waals surface area contributed by atoms with Crippen molar-refractivity contribution >= 4 is 23.6 Å². The Bertz CT molecular complexity index is 862. The van der Waals surface area contributed by atoms with Gasteiger partial charge >= 0.3 is 5.97 Å². The van der Waals surface area contributed by atoms with Crippen molar-refractivity contribution < 1.29 is 28.5 Å². The van der Waals surface area contributed by atoms with E-state index in [9.17, 15) is 9.59 Å². The molecule has 0 aromatic heterocycles. The average molecular weight is 385 g/mol. The number of carbonyl (C=O) groups is 2. The van der Waals surface area contributed by atoms with Gasteiger partial charge in [0.1, 0.15) is 17.2 Å². The highest BCUT2D eigenvalue weighted by atomic mass is 16.5. The number of hydrogen-bond acceptors (Lipinski definition) is 6. The van der Waals surface area contributed by atoms with Crippen LogP contribution in [0.5, 0.6) is 17.2 Å². The van der Waals surface area contributed by atoms with Crippen LogP contribution in [0.2, 0.25) is 0 Å². The lowest BCUT2D eigenvalue weighted by molar-refractivity contribution is -0.148. The van der Waals surface area contributed by atoms with E-state index in [0.29, 0.717) is 28.5 Å². The molecule has 7 nitrogen and oxygen atoms in total. The molecule has 0 fully saturated rings. The zero-order valence-corrected chi connectivity index (χ0v) is 16.2. The number of para-hydroxylation sites is 2. The van der Waals surface area contributed by atoms with Gasteiger partial charge in [0.2, 0.25) is 0 Å². The lowest BCUT2D eigenvalue weighted by Crippen LogP contribution is -2.29. The Hall–Kier alpha value is -3.48. The normalized spacial score (nSPS) is 11.6. The quantitative estimate of drug-likeness (QED) is 0.555. The molecular weight excluding hydrogens is 362 g/mol. The lowest BCUT2D eigenvalue weighted by Gasteiger charge is -2.14. The molecule has 1 atom stereocenters. The fourth-order valence-corrected chi connectivity index (χ4v) is 2.36. The molecule has 0 aliphatic carbocycles. The Balaban J connectivity index is 1.98. The molecule has 2 aromatic carbocycles. The van der Waals surface area contributed by atoms with Gasteiger partial charge in [-0.05, 0) is 37.3 Å². The van der Waals surface area contributed by atoms with Crippen LogP contribution < -0.4 is 19.5 Å². The standard InChI is InChI=1S/C21H23NO6/c1-14(21(24)22-17-7-5-6-8-18(17)26-3)28-20(23)12-10-15-9-11-16(25-2)13-19(15)27-4/h5-14H,1-4H3,(H,22,24)/b12-10+/t14-/m1/s1. The van der Waals surface area contributed by atoms with E-state index >= 15 is 0 Å². The first-order chi connectivity index (χ1) is 13.5. The summed E-state index contributed by atoms with van der Waals surface area (Å²) in [7, 11) is 4.58. The zero-order chi connectivity index (χ0) is 20.5. The predicted octanol–water partition coefficient (Wildman–Crippen LogP) is 3.30. The van der Waals surface area contributed by atoms with Crippen molar-refractivity contribution in [3.63, 3.8) is 0 Å². The van der Waals surface area contributed by atoms with Crippen molar-refractivity contribution in [2.75, 3.05) is 26.6 Å². The SMILES string of the molecule is COc1ccc(/C=C/C(=O)O[C@H](C)C(=O)Nc2ccccc2OC)c(OC)c1. The Morgan fingerprint density at radius 3 is 2.36 bits per heavy atom. The van der Waals surface area contributed by atoms with Crippen LogP contribution in [-0.2, 0) is 14.3 Å². The van der Waals surface area contributed by atoms with Crippen LogP contribution in [0.1, 0.15) is 12.5 Å². The van der Waals surface area contributed by atoms with E-state index in [4.69, 9.17) is 18.9 Å². The minimum absolute atomic E-state index is 0.465. The van der Waals surface area contributed by atoms with Crippen LogP contribution in [0.4, 0.5) is 5.69 Å². The van der Waals surface area contributed by atoms with Crippen molar-refractivity contribution in [3.05, 3.63) is 54.1 Å². The Morgan fingerprint density at radius 2 is 1.68 bits per heavy atom. The van der Waals surface area contributed by atoms with Crippen molar-refractivity contribution in [1.82, 2.24) is 0 Å². The average Bonchev–Trinajstić information content (AvgIpc) is 2.72. The number of methoxy groups -OCH3 is 3. The summed E-state index contributed by atoms with van der Waals surface area (Å²) in [5.74, 6) is 0.582. The molecule has 1 N–H and O–H groups in total. The van der Waals surface area contributed by atoms with Crippen LogP contribution in [0.3, 0.4) is 0 Å². The molecule has 0 saturated heterocycles. The van der Waals surface area contributed by atoms with Gasteiger partial charge in [-0.2, -0.15) is 0 Å². The summed E-state index contributed by atoms with van der Waals surface area (Å²) in [6.45, 7) is 1.49. The minimum atomic E-state index is -0.986. The summed E-state index contributed by atoms with van der Waals surface area (Å²) in [5, 5.41) is 2.67. The number of carbonyl (C=O) groups excluding carboxylic acids is 2. The molecule has 0 aliphatic rings. The second-order valence-electron chi connectivity index (χ2n) is 5.71. The molecule has 2 aromatic rings. The number of benzene rings is 2. The fourth-order valence-electron chi connectivity index (χ4n) is 2.36. The number of amides is 1. The maximum absolute atomic E-state index is 12.3. The number of esters is 1. The zero-order valence-electron chi connectivity index (χ0n) is 16.2. The van der Waals surface area contributed by atoms with Crippen LogP contribution >= 0.6 is 0 Å². The molecule has 148 valence electrons. The highest BCUT2D eigenvalue weighted by Gasteiger charge is 2.18. The predicted molar refractivity (Wildman–Crippen MR) is 106 cm³/mol. The molecular formula is C21H23NO6. The highest BCUT2D eigenvalue weighted by molar-refractivity contribution is 5.97. The van der Waals surface area contributed by atoms with Crippen molar-refractivity contribution in [1.29, 1.82) is 0 Å². The third-order valence-corrected chi connectivity index (χ3v) is 3.87. The van der Waals surface area contributed by atoms with Crippen LogP contribution in [0.25, 0.3) is 6.08 Å². The summed E-state index contributed by atoms with van der Waals surface area (Å²) in [6.07, 6.45) is 1.79. The maximum atomic E-state index is 12.3. The van der Waals surface area contributed by atoms with E-state index in [2.05, 4.69) is 5.32 Å². The Labute approximate surface area is 163 Å². The first-order valence-electron chi connectivity index (χ1n) is 8.53. The number of rotatable bonds is 8. The van der Waals surface area contributed by atoms with Gasteiger partial charge in [-0.3, -0.25) is 4.79 Å². The number of nitrogens with one attached hydrogen (secondary N) is 1. The second kappa shape index (κ2) is 10.0. The van der Waals surface area contributed by atoms with Crippen molar-refractivity contribution in [2.45, 2.75) is 13.0 Å². The van der Waals surface area contributed by atoms with Crippen molar-refractivity contribution in [3.8, 4) is 17.2 Å². The van der Waals surface area contributed by atoms with Gasteiger partial charge in [-0.15, -0.1) is 0 Å². The molecule has 0 aliphatic heterocycles. The van der Waals surface area contributed by atoms with Gasteiger partial charge in [-0.1, -0.05) is 12.1 Å². The molecule has 0 spiro atoms. The first-order valence-corrected chi connectivity index (χ1v) is 8.53. The van der Waals surface area contributed by atoms with Gasteiger partial charge in [0, 0.05) is 17.7 Å². The van der Waals surface area contributed by atoms with Gasteiger partial charge < -0.3 is 24.3 Å². The number of ether oxygens (including phenoxy) is 4. The van der Waals surface area contributed by atoms with E-state index in [1.807, 2.05) is 0 Å². The molecule has 2 rings (SSSR count). The van der Waals surface area contributed by atoms with E-state index in [1.54, 1.807) is 55.7 Å². The molecule has 28 heavy (non-hydrogen) atoms. The van der Waals surface area contributed by atoms with Crippen molar-refractivity contribution in [2.24, 2.45) is 0 Å². The highest BCUT2D eigenvalue weighted by Crippen LogP contribution is 2.26. The van der Waals surface area contributed by atoms with E-state index in [-0.39, 0.29) is 0 Å². The smallest absolute Gasteiger partial charge is 0.331 e. The topological polar surface area (TPSA) is 83.1 Å². The first kappa shape index (κ1) is 20.8. The molecule has 1 amide bonds. The maximum Gasteiger partial charge on any atom is 0.331 e. The van der Waals surface area contributed by atoms with E-state index < -0.39 is 18.0 Å². The van der Waals surface area contributed by atoms with Gasteiger partial charge in [0.15, 0.2) is 6.10 Å². The van der Waals surface area contributed by atoms with Crippen LogP contribution in [-0.4, -0.2) is 39.3 Å². The monoisotopic (exact) mass is 385 g/mol. The van der Waals surface area contributed by atoms with Crippen LogP contribution in [0, 0.1) is 0 Å². The van der Waals surface area contributed by atoms with Gasteiger partial charge in [-0.25, -0.2) is 4.79 Å². The number of anilines is 1. The summed E-state index contributed by atoms with van der Waals surface area (Å²) >= 11 is 0. The fraction of sp³-hybridized carbons (Fsp3) is 0.238. The Kier molecular flexibility index (Phi) is 7.45. The molecule has 0 saturated carbocycles. The largest absolute Gasteiger partial charge is 0.497 e. The summed E-state index contributed by atoms with van der Waals surface area (Å²) < 4.78 is 20.7. The van der Waals surface area contributed by atoms with E-state index in [0.717, 1.165) is 0 Å². The molecule has 7 heteroatoms. The second-order valence-corrected chi connectivity index (χ2v) is 5.71. The minimum Gasteiger partial charge on any atom is -0.497 e. The summed E-state index contributed by atoms with van der Waals surface area (Å²) in [5.41, 5.74) is 1.17. The lowest BCUT2D eigenvalue weighted by atomic mass is 10.1. The van der Waals surface area contributed by atoms with Gasteiger partial charge in [0.05, 0.1) is 27.0 Å². The molecule has 0 radical (unpaired) electrons. The molecule has 0 bridgehead atoms.